The lowest BCUT2D eigenvalue weighted by atomic mass is 9.87. The lowest BCUT2D eigenvalue weighted by Crippen LogP contribution is -2.38. The lowest BCUT2D eigenvalue weighted by molar-refractivity contribution is -0.119. The Balaban J connectivity index is 1.68. The lowest BCUT2D eigenvalue weighted by Gasteiger charge is -2.26. The van der Waals surface area contributed by atoms with Gasteiger partial charge in [0, 0.05) is 12.6 Å². The molecule has 1 aromatic heterocycles. The first-order valence-corrected chi connectivity index (χ1v) is 9.98. The van der Waals surface area contributed by atoms with Gasteiger partial charge in [0.15, 0.2) is 5.16 Å². The molecule has 1 aliphatic carbocycles. The van der Waals surface area contributed by atoms with Gasteiger partial charge in [-0.3, -0.25) is 14.2 Å². The number of fused-ring (bicyclic) bond motifs is 1. The van der Waals surface area contributed by atoms with Crippen LogP contribution in [0.2, 0.25) is 0 Å². The number of rotatable bonds is 5. The maximum Gasteiger partial charge on any atom is 0.262 e. The van der Waals surface area contributed by atoms with Crippen LogP contribution in [0.15, 0.2) is 34.2 Å². The molecule has 0 aliphatic heterocycles. The summed E-state index contributed by atoms with van der Waals surface area (Å²) in [6.45, 7) is 4.73. The van der Waals surface area contributed by atoms with Gasteiger partial charge >= 0.3 is 0 Å². The summed E-state index contributed by atoms with van der Waals surface area (Å²) in [5.74, 6) is 1.08. The first-order valence-electron chi connectivity index (χ1n) is 9.00. The van der Waals surface area contributed by atoms with Gasteiger partial charge in [0.2, 0.25) is 5.91 Å². The minimum Gasteiger partial charge on any atom is -0.353 e. The Morgan fingerprint density at radius 1 is 1.28 bits per heavy atom. The van der Waals surface area contributed by atoms with Gasteiger partial charge in [-0.25, -0.2) is 4.98 Å². The monoisotopic (exact) mass is 359 g/mol. The van der Waals surface area contributed by atoms with E-state index in [1.54, 1.807) is 10.6 Å². The second-order valence-corrected chi connectivity index (χ2v) is 7.72. The Morgan fingerprint density at radius 3 is 2.72 bits per heavy atom. The van der Waals surface area contributed by atoms with E-state index in [4.69, 9.17) is 0 Å². The molecule has 134 valence electrons. The van der Waals surface area contributed by atoms with Crippen LogP contribution in [-0.4, -0.2) is 27.3 Å². The van der Waals surface area contributed by atoms with Crippen LogP contribution in [0.25, 0.3) is 10.9 Å². The summed E-state index contributed by atoms with van der Waals surface area (Å²) in [5.41, 5.74) is 0.638. The van der Waals surface area contributed by atoms with E-state index in [-0.39, 0.29) is 17.2 Å². The predicted molar refractivity (Wildman–Crippen MR) is 102 cm³/mol. The number of aromatic nitrogens is 2. The normalized spacial score (nSPS) is 20.6. The van der Waals surface area contributed by atoms with Crippen molar-refractivity contribution < 1.29 is 4.79 Å². The van der Waals surface area contributed by atoms with E-state index in [0.717, 1.165) is 18.8 Å². The molecule has 0 saturated heterocycles. The Kier molecular flexibility index (Phi) is 5.78. The van der Waals surface area contributed by atoms with Crippen LogP contribution in [0.1, 0.15) is 39.5 Å². The molecule has 1 heterocycles. The maximum absolute atomic E-state index is 12.6. The summed E-state index contributed by atoms with van der Waals surface area (Å²) in [7, 11) is 0. The molecular formula is C19H25N3O2S. The molecule has 0 atom stereocenters. The zero-order valence-electron chi connectivity index (χ0n) is 14.8. The third-order valence-electron chi connectivity index (χ3n) is 4.86. The SMILES string of the molecule is CCn1c(SCC(=O)NC2CCC(C)CC2)nc2ccccc2c1=O. The van der Waals surface area contributed by atoms with Crippen LogP contribution >= 0.6 is 11.8 Å². The molecule has 5 nitrogen and oxygen atoms in total. The van der Waals surface area contributed by atoms with Crippen molar-refractivity contribution in [2.45, 2.75) is 57.3 Å². The Labute approximate surface area is 152 Å². The van der Waals surface area contributed by atoms with Crippen molar-refractivity contribution in [3.8, 4) is 0 Å². The second-order valence-electron chi connectivity index (χ2n) is 6.77. The van der Waals surface area contributed by atoms with E-state index >= 15 is 0 Å². The second kappa shape index (κ2) is 8.04. The van der Waals surface area contributed by atoms with Crippen LogP contribution < -0.4 is 10.9 Å². The van der Waals surface area contributed by atoms with E-state index < -0.39 is 0 Å². The van der Waals surface area contributed by atoms with Gasteiger partial charge in [0.05, 0.1) is 16.7 Å². The topological polar surface area (TPSA) is 64.0 Å². The molecule has 0 unspecified atom stereocenters. The largest absolute Gasteiger partial charge is 0.353 e. The summed E-state index contributed by atoms with van der Waals surface area (Å²) in [6.07, 6.45) is 4.48. The van der Waals surface area contributed by atoms with Gasteiger partial charge in [-0.05, 0) is 50.7 Å². The molecule has 0 bridgehead atoms. The van der Waals surface area contributed by atoms with E-state index in [1.165, 1.54) is 24.6 Å². The average molecular weight is 359 g/mol. The van der Waals surface area contributed by atoms with E-state index in [0.29, 0.717) is 28.6 Å². The summed E-state index contributed by atoms with van der Waals surface area (Å²) >= 11 is 1.34. The first-order chi connectivity index (χ1) is 12.1. The fourth-order valence-corrected chi connectivity index (χ4v) is 4.21. The number of hydrogen-bond donors (Lipinski definition) is 1. The highest BCUT2D eigenvalue weighted by Gasteiger charge is 2.20. The van der Waals surface area contributed by atoms with Crippen LogP contribution in [0.4, 0.5) is 0 Å². The molecule has 3 rings (SSSR count). The minimum absolute atomic E-state index is 0.0228. The van der Waals surface area contributed by atoms with Crippen molar-refractivity contribution in [2.75, 3.05) is 5.75 Å². The third-order valence-corrected chi connectivity index (χ3v) is 5.83. The summed E-state index contributed by atoms with van der Waals surface area (Å²) in [4.78, 5) is 29.4. The standard InChI is InChI=1S/C19H25N3O2S/c1-3-22-18(24)15-6-4-5-7-16(15)21-19(22)25-12-17(23)20-14-10-8-13(2)9-11-14/h4-7,13-14H,3,8-12H2,1-2H3,(H,20,23). The molecule has 0 radical (unpaired) electrons. The number of carbonyl (C=O) groups is 1. The predicted octanol–water partition coefficient (Wildman–Crippen LogP) is 3.20. The van der Waals surface area contributed by atoms with Crippen molar-refractivity contribution >= 4 is 28.6 Å². The van der Waals surface area contributed by atoms with Gasteiger partial charge in [-0.15, -0.1) is 0 Å². The minimum atomic E-state index is -0.0442. The molecule has 0 spiro atoms. The number of para-hydroxylation sites is 1. The molecule has 1 N–H and O–H groups in total. The van der Waals surface area contributed by atoms with Crippen LogP contribution in [0.3, 0.4) is 0 Å². The maximum atomic E-state index is 12.6. The van der Waals surface area contributed by atoms with Crippen LogP contribution in [-0.2, 0) is 11.3 Å². The Morgan fingerprint density at radius 2 is 2.00 bits per heavy atom. The molecule has 1 aliphatic rings. The Bertz CT molecular complexity index is 810. The van der Waals surface area contributed by atoms with Crippen molar-refractivity contribution in [1.82, 2.24) is 14.9 Å². The summed E-state index contributed by atoms with van der Waals surface area (Å²) < 4.78 is 1.64. The number of hydrogen-bond acceptors (Lipinski definition) is 4. The molecule has 2 aromatic rings. The molecule has 1 saturated carbocycles. The number of carbonyl (C=O) groups excluding carboxylic acids is 1. The van der Waals surface area contributed by atoms with Gasteiger partial charge in [0.1, 0.15) is 0 Å². The van der Waals surface area contributed by atoms with Crippen molar-refractivity contribution in [2.24, 2.45) is 5.92 Å². The van der Waals surface area contributed by atoms with Gasteiger partial charge in [0.25, 0.3) is 5.56 Å². The fraction of sp³-hybridized carbons (Fsp3) is 0.526. The van der Waals surface area contributed by atoms with E-state index in [1.807, 2.05) is 25.1 Å². The zero-order valence-corrected chi connectivity index (χ0v) is 15.6. The highest BCUT2D eigenvalue weighted by molar-refractivity contribution is 7.99. The highest BCUT2D eigenvalue weighted by atomic mass is 32.2. The Hall–Kier alpha value is -1.82. The summed E-state index contributed by atoms with van der Waals surface area (Å²) in [5, 5.41) is 4.35. The molecule has 1 amide bonds. The molecule has 6 heteroatoms. The third kappa shape index (κ3) is 4.24. The number of thioether (sulfide) groups is 1. The molecular weight excluding hydrogens is 334 g/mol. The molecule has 1 aromatic carbocycles. The average Bonchev–Trinajstić information content (AvgIpc) is 2.62. The highest BCUT2D eigenvalue weighted by Crippen LogP contribution is 2.24. The zero-order chi connectivity index (χ0) is 17.8. The van der Waals surface area contributed by atoms with Crippen LogP contribution in [0.5, 0.6) is 0 Å². The fourth-order valence-electron chi connectivity index (χ4n) is 3.34. The smallest absolute Gasteiger partial charge is 0.262 e. The first kappa shape index (κ1) is 18.0. The number of benzene rings is 1. The quantitative estimate of drug-likeness (QED) is 0.658. The van der Waals surface area contributed by atoms with Gasteiger partial charge < -0.3 is 5.32 Å². The van der Waals surface area contributed by atoms with Crippen molar-refractivity contribution in [3.63, 3.8) is 0 Å². The van der Waals surface area contributed by atoms with E-state index in [2.05, 4.69) is 17.2 Å². The van der Waals surface area contributed by atoms with Crippen molar-refractivity contribution in [1.29, 1.82) is 0 Å². The van der Waals surface area contributed by atoms with Gasteiger partial charge in [-0.1, -0.05) is 30.8 Å². The number of nitrogens with zero attached hydrogens (tertiary/aromatic N) is 2. The van der Waals surface area contributed by atoms with E-state index in [9.17, 15) is 9.59 Å². The number of amides is 1. The summed E-state index contributed by atoms with van der Waals surface area (Å²) in [6, 6.07) is 7.64. The molecule has 1 fully saturated rings. The molecule has 25 heavy (non-hydrogen) atoms. The number of nitrogens with one attached hydrogen (secondary N) is 1. The van der Waals surface area contributed by atoms with Crippen molar-refractivity contribution in [3.05, 3.63) is 34.6 Å². The van der Waals surface area contributed by atoms with Crippen LogP contribution in [0, 0.1) is 5.92 Å². The van der Waals surface area contributed by atoms with Gasteiger partial charge in [-0.2, -0.15) is 0 Å².